The lowest BCUT2D eigenvalue weighted by molar-refractivity contribution is -0.137. The Balaban J connectivity index is 0.00000722. The van der Waals surface area contributed by atoms with E-state index >= 15 is 0 Å². The zero-order valence-corrected chi connectivity index (χ0v) is 22.3. The van der Waals surface area contributed by atoms with Crippen LogP contribution >= 0.6 is 11.6 Å². The molecule has 0 aliphatic carbocycles. The predicted octanol–water partition coefficient (Wildman–Crippen LogP) is 4.54. The van der Waals surface area contributed by atoms with E-state index in [0.29, 0.717) is 49.4 Å². The molecule has 0 spiro atoms. The van der Waals surface area contributed by atoms with Gasteiger partial charge in [0.15, 0.2) is 0 Å². The Hall–Kier alpha value is -2.81. The lowest BCUT2D eigenvalue weighted by Gasteiger charge is -2.15. The second-order valence-electron chi connectivity index (χ2n) is 7.74. The topological polar surface area (TPSA) is 145 Å². The minimum Gasteiger partial charge on any atom is -0.491 e. The molecule has 1 heterocycles. The molecule has 2 rings (SSSR count). The monoisotopic (exact) mass is 586 g/mol. The number of aromatic nitrogens is 1. The van der Waals surface area contributed by atoms with Crippen molar-refractivity contribution in [2.45, 2.75) is 38.8 Å². The Kier molecular flexibility index (Phi) is 13.6. The minimum atomic E-state index is -4.61. The van der Waals surface area contributed by atoms with E-state index in [1.165, 1.54) is 13.2 Å². The van der Waals surface area contributed by atoms with E-state index in [9.17, 15) is 26.4 Å². The van der Waals surface area contributed by atoms with Gasteiger partial charge in [-0.1, -0.05) is 31.0 Å². The highest BCUT2D eigenvalue weighted by Gasteiger charge is 2.32. The number of alkyl halides is 3. The molecule has 10 nitrogen and oxygen atoms in total. The number of ether oxygens (including phenoxy) is 4. The highest BCUT2D eigenvalue weighted by molar-refractivity contribution is 7.90. The van der Waals surface area contributed by atoms with Gasteiger partial charge in [0, 0.05) is 19.4 Å². The first-order valence-corrected chi connectivity index (χ1v) is 13.3. The summed E-state index contributed by atoms with van der Waals surface area (Å²) in [6.07, 6.45) is -3.41. The van der Waals surface area contributed by atoms with Gasteiger partial charge in [0.05, 0.1) is 24.5 Å². The number of carbonyl (C=O) groups is 1. The van der Waals surface area contributed by atoms with E-state index in [1.54, 1.807) is 12.1 Å². The molecule has 1 amide bonds. The number of aryl methyl sites for hydroxylation is 1. The van der Waals surface area contributed by atoms with E-state index in [-0.39, 0.29) is 47.5 Å². The number of hydrogen-bond acceptors (Lipinski definition) is 8. The first-order chi connectivity index (χ1) is 17.4. The van der Waals surface area contributed by atoms with Crippen LogP contribution in [-0.4, -0.2) is 57.7 Å². The average molecular weight is 587 g/mol. The molecule has 2 aromatic rings. The first kappa shape index (κ1) is 33.2. The zero-order valence-electron chi connectivity index (χ0n) is 20.8. The molecule has 0 bridgehead atoms. The Labute approximate surface area is 223 Å². The van der Waals surface area contributed by atoms with Crippen molar-refractivity contribution in [1.29, 1.82) is 0 Å². The molecule has 0 saturated carbocycles. The average Bonchev–Trinajstić information content (AvgIpc) is 2.82. The van der Waals surface area contributed by atoms with Gasteiger partial charge >= 0.3 is 12.3 Å². The van der Waals surface area contributed by atoms with E-state index < -0.39 is 27.9 Å². The molecule has 15 heteroatoms. The van der Waals surface area contributed by atoms with Gasteiger partial charge in [0.1, 0.15) is 23.1 Å². The smallest absolute Gasteiger partial charge is 0.420 e. The number of methoxy groups -OCH3 is 1. The maximum atomic E-state index is 12.9. The highest BCUT2D eigenvalue weighted by Crippen LogP contribution is 2.36. The molecular formula is C23H30ClF3N2O8S. The Morgan fingerprint density at radius 2 is 1.87 bits per heavy atom. The molecular weight excluding hydrogens is 557 g/mol. The van der Waals surface area contributed by atoms with Crippen LogP contribution in [-0.2, 0) is 32.1 Å². The van der Waals surface area contributed by atoms with E-state index in [2.05, 4.69) is 4.98 Å². The summed E-state index contributed by atoms with van der Waals surface area (Å²) in [4.78, 5) is 15.5. The van der Waals surface area contributed by atoms with Crippen molar-refractivity contribution in [2.75, 3.05) is 32.7 Å². The molecule has 38 heavy (non-hydrogen) atoms. The van der Waals surface area contributed by atoms with Gasteiger partial charge in [-0.25, -0.2) is 22.9 Å². The predicted molar refractivity (Wildman–Crippen MR) is 133 cm³/mol. The second-order valence-corrected chi connectivity index (χ2v) is 9.98. The molecule has 0 atom stereocenters. The van der Waals surface area contributed by atoms with E-state index in [1.807, 2.05) is 11.6 Å². The Bertz CT molecular complexity index is 1150. The molecule has 0 radical (unpaired) electrons. The standard InChI is InChI=1S/C23H28ClF3N2O7S.H2O/c1-3-4-12-37(31,32)29-22(30)35-9-5-6-16-7-8-18(34-11-10-33-2)14-20(16)36-21-19(24)13-17(15-28-21)23(25,26)27;/h7-8,13-15H,3-6,9-12H2,1-2H3,(H,29,30);1H2. The SMILES string of the molecule is CCCCS(=O)(=O)NC(=O)OCCCc1ccc(OCCOC)cc1Oc1ncc(C(F)(F)F)cc1Cl.O. The third-order valence-corrected chi connectivity index (χ3v) is 6.34. The summed E-state index contributed by atoms with van der Waals surface area (Å²) >= 11 is 5.98. The van der Waals surface area contributed by atoms with Crippen molar-refractivity contribution in [3.05, 3.63) is 46.6 Å². The van der Waals surface area contributed by atoms with Crippen molar-refractivity contribution in [3.63, 3.8) is 0 Å². The maximum Gasteiger partial charge on any atom is 0.420 e. The summed E-state index contributed by atoms with van der Waals surface area (Å²) in [5.41, 5.74) is -0.426. The lowest BCUT2D eigenvalue weighted by atomic mass is 10.1. The number of amides is 1. The van der Waals surface area contributed by atoms with Crippen molar-refractivity contribution < 1.29 is 50.8 Å². The molecule has 0 aliphatic heterocycles. The van der Waals surface area contributed by atoms with Crippen LogP contribution in [0.4, 0.5) is 18.0 Å². The molecule has 214 valence electrons. The van der Waals surface area contributed by atoms with Crippen LogP contribution in [0.25, 0.3) is 0 Å². The number of benzene rings is 1. The number of nitrogens with one attached hydrogen (secondary N) is 1. The van der Waals surface area contributed by atoms with E-state index in [4.69, 9.17) is 30.5 Å². The Morgan fingerprint density at radius 3 is 2.50 bits per heavy atom. The van der Waals surface area contributed by atoms with Crippen LogP contribution in [0.15, 0.2) is 30.5 Å². The summed E-state index contributed by atoms with van der Waals surface area (Å²) in [5, 5.41) is -0.337. The number of sulfonamides is 1. The lowest BCUT2D eigenvalue weighted by Crippen LogP contribution is -2.33. The summed E-state index contributed by atoms with van der Waals surface area (Å²) in [5.74, 6) is 0.207. The van der Waals surface area contributed by atoms with Crippen molar-refractivity contribution >= 4 is 27.7 Å². The molecule has 0 fully saturated rings. The zero-order chi connectivity index (χ0) is 27.5. The fourth-order valence-electron chi connectivity index (χ4n) is 2.90. The summed E-state index contributed by atoms with van der Waals surface area (Å²) < 4.78 is 85.3. The molecule has 0 unspecified atom stereocenters. The molecule has 1 aromatic carbocycles. The number of nitrogens with zero attached hydrogens (tertiary/aromatic N) is 1. The highest BCUT2D eigenvalue weighted by atomic mass is 35.5. The first-order valence-electron chi connectivity index (χ1n) is 11.3. The van der Waals surface area contributed by atoms with Gasteiger partial charge in [-0.05, 0) is 37.0 Å². The van der Waals surface area contributed by atoms with Crippen LogP contribution in [0.1, 0.15) is 37.3 Å². The van der Waals surface area contributed by atoms with Gasteiger partial charge in [0.2, 0.25) is 15.9 Å². The van der Waals surface area contributed by atoms with Crippen molar-refractivity contribution in [2.24, 2.45) is 0 Å². The van der Waals surface area contributed by atoms with Crippen molar-refractivity contribution in [3.8, 4) is 17.4 Å². The van der Waals surface area contributed by atoms with Gasteiger partial charge in [-0.15, -0.1) is 0 Å². The minimum absolute atomic E-state index is 0. The van der Waals surface area contributed by atoms with Crippen molar-refractivity contribution in [1.82, 2.24) is 9.71 Å². The number of hydrogen-bond donors (Lipinski definition) is 1. The number of halogens is 4. The Morgan fingerprint density at radius 1 is 1.13 bits per heavy atom. The normalized spacial score (nSPS) is 11.4. The second kappa shape index (κ2) is 15.6. The third kappa shape index (κ3) is 11.3. The van der Waals surface area contributed by atoms with Crippen LogP contribution in [0.2, 0.25) is 5.02 Å². The van der Waals surface area contributed by atoms with Crippen LogP contribution in [0.5, 0.6) is 17.4 Å². The largest absolute Gasteiger partial charge is 0.491 e. The van der Waals surface area contributed by atoms with Crippen LogP contribution in [0, 0.1) is 0 Å². The molecule has 0 aliphatic rings. The number of unbranched alkanes of at least 4 members (excludes halogenated alkanes) is 1. The third-order valence-electron chi connectivity index (χ3n) is 4.77. The molecule has 3 N–H and O–H groups in total. The fraction of sp³-hybridized carbons (Fsp3) is 0.478. The number of pyridine rings is 1. The summed E-state index contributed by atoms with van der Waals surface area (Å²) in [6.45, 7) is 2.31. The summed E-state index contributed by atoms with van der Waals surface area (Å²) in [7, 11) is -2.25. The van der Waals surface area contributed by atoms with Crippen LogP contribution < -0.4 is 14.2 Å². The van der Waals surface area contributed by atoms with E-state index in [0.717, 1.165) is 0 Å². The van der Waals surface area contributed by atoms with Gasteiger partial charge in [-0.2, -0.15) is 13.2 Å². The van der Waals surface area contributed by atoms with Crippen LogP contribution in [0.3, 0.4) is 0 Å². The van der Waals surface area contributed by atoms with Gasteiger partial charge in [0.25, 0.3) is 0 Å². The quantitative estimate of drug-likeness (QED) is 0.318. The summed E-state index contributed by atoms with van der Waals surface area (Å²) in [6, 6.07) is 5.57. The number of rotatable bonds is 14. The maximum absolute atomic E-state index is 12.9. The molecule has 0 saturated heterocycles. The van der Waals surface area contributed by atoms with Gasteiger partial charge < -0.3 is 24.4 Å². The number of carbonyl (C=O) groups excluding carboxylic acids is 1. The van der Waals surface area contributed by atoms with Gasteiger partial charge in [-0.3, -0.25) is 0 Å². The fourth-order valence-corrected chi connectivity index (χ4v) is 4.19. The molecule has 1 aromatic heterocycles.